The smallest absolute Gasteiger partial charge is 0.306 e. The van der Waals surface area contributed by atoms with Gasteiger partial charge in [0, 0.05) is 19.3 Å². The number of hydrogen-bond donors (Lipinski definition) is 0. The third kappa shape index (κ3) is 56.6. The monoisotopic (exact) mass is 983 g/mol. The second-order valence-corrected chi connectivity index (χ2v) is 18.8. The fraction of sp³-hybridized carbons (Fsp3) is 0.646. The van der Waals surface area contributed by atoms with Gasteiger partial charge in [-0.1, -0.05) is 245 Å². The van der Waals surface area contributed by atoms with E-state index in [9.17, 15) is 14.4 Å². The molecule has 0 unspecified atom stereocenters. The summed E-state index contributed by atoms with van der Waals surface area (Å²) in [5, 5.41) is 0. The van der Waals surface area contributed by atoms with Crippen LogP contribution >= 0.6 is 0 Å². The van der Waals surface area contributed by atoms with Crippen molar-refractivity contribution in [3.05, 3.63) is 122 Å². The van der Waals surface area contributed by atoms with Gasteiger partial charge in [0.05, 0.1) is 0 Å². The summed E-state index contributed by atoms with van der Waals surface area (Å²) >= 11 is 0. The van der Waals surface area contributed by atoms with E-state index in [0.29, 0.717) is 19.3 Å². The third-order valence-corrected chi connectivity index (χ3v) is 12.0. The molecule has 0 heterocycles. The predicted octanol–water partition coefficient (Wildman–Crippen LogP) is 19.6. The van der Waals surface area contributed by atoms with Crippen LogP contribution in [0.25, 0.3) is 0 Å². The second-order valence-electron chi connectivity index (χ2n) is 18.8. The molecule has 0 bridgehead atoms. The van der Waals surface area contributed by atoms with Crippen molar-refractivity contribution in [3.8, 4) is 0 Å². The van der Waals surface area contributed by atoms with Crippen molar-refractivity contribution in [1.29, 1.82) is 0 Å². The zero-order chi connectivity index (χ0) is 51.4. The van der Waals surface area contributed by atoms with Crippen molar-refractivity contribution in [2.24, 2.45) is 0 Å². The van der Waals surface area contributed by atoms with Crippen LogP contribution in [0, 0.1) is 0 Å². The summed E-state index contributed by atoms with van der Waals surface area (Å²) in [5.41, 5.74) is 0. The molecule has 0 aliphatic heterocycles. The van der Waals surface area contributed by atoms with Crippen LogP contribution in [-0.4, -0.2) is 37.2 Å². The van der Waals surface area contributed by atoms with Crippen LogP contribution in [0.5, 0.6) is 0 Å². The number of ether oxygens (including phenoxy) is 3. The Morgan fingerprint density at radius 1 is 0.296 bits per heavy atom. The van der Waals surface area contributed by atoms with Crippen LogP contribution in [0.2, 0.25) is 0 Å². The van der Waals surface area contributed by atoms with Crippen LogP contribution in [0.1, 0.15) is 252 Å². The molecule has 71 heavy (non-hydrogen) atoms. The lowest BCUT2D eigenvalue weighted by Crippen LogP contribution is -2.30. The molecule has 0 radical (unpaired) electrons. The number of carbonyl (C=O) groups is 3. The molecule has 0 saturated carbocycles. The highest BCUT2D eigenvalue weighted by atomic mass is 16.6. The average Bonchev–Trinajstić information content (AvgIpc) is 3.37. The number of unbranched alkanes of at least 4 members (excludes halogenated alkanes) is 20. The van der Waals surface area contributed by atoms with Crippen LogP contribution in [0.4, 0.5) is 0 Å². The van der Waals surface area contributed by atoms with Gasteiger partial charge in [0.15, 0.2) is 6.10 Å². The number of rotatable bonds is 51. The zero-order valence-electron chi connectivity index (χ0n) is 45.9. The first-order chi connectivity index (χ1) is 35.0. The highest BCUT2D eigenvalue weighted by Gasteiger charge is 2.19. The van der Waals surface area contributed by atoms with Gasteiger partial charge in [-0.3, -0.25) is 14.4 Å². The van der Waals surface area contributed by atoms with E-state index in [2.05, 4.69) is 142 Å². The highest BCUT2D eigenvalue weighted by molar-refractivity contribution is 5.71. The van der Waals surface area contributed by atoms with E-state index in [4.69, 9.17) is 14.2 Å². The Morgan fingerprint density at radius 2 is 0.549 bits per heavy atom. The molecular formula is C65H106O6. The maximum absolute atomic E-state index is 12.9. The van der Waals surface area contributed by atoms with E-state index in [1.54, 1.807) is 0 Å². The summed E-state index contributed by atoms with van der Waals surface area (Å²) in [6.07, 6.45) is 80.4. The molecular weight excluding hydrogens is 877 g/mol. The largest absolute Gasteiger partial charge is 0.462 e. The fourth-order valence-electron chi connectivity index (χ4n) is 7.67. The van der Waals surface area contributed by atoms with E-state index in [1.807, 2.05) is 0 Å². The number of allylic oxidation sites excluding steroid dienone is 20. The standard InChI is InChI=1S/C65H106O6/c1-4-7-10-13-16-19-22-25-28-30-32-34-37-39-42-45-48-51-54-57-63(66)69-60-62(71-65(68)59-56-53-50-47-44-41-36-27-24-21-18-15-12-9-6-3)61-70-64(67)58-55-52-49-46-43-40-38-35-33-31-29-26-23-20-17-14-11-8-5-2/h7-8,10-11,16-17,19-20,25-26,28-29,32-35,39-40,42-43,62H,4-6,9,12-15,18,21-24,27,30-31,36-38,41,44-61H2,1-3H3/b10-7-,11-8-,19-16-,20-17-,28-25-,29-26-,34-32-,35-33-,42-39-,43-40-. The van der Waals surface area contributed by atoms with Crippen LogP contribution < -0.4 is 0 Å². The second kappa shape index (κ2) is 58.4. The molecule has 0 N–H and O–H groups in total. The lowest BCUT2D eigenvalue weighted by atomic mass is 10.0. The molecule has 0 amide bonds. The first-order valence-electron chi connectivity index (χ1n) is 29.0. The Bertz CT molecular complexity index is 1410. The van der Waals surface area contributed by atoms with E-state index >= 15 is 0 Å². The Kier molecular flexibility index (Phi) is 54.9. The minimum atomic E-state index is -0.808. The normalized spacial score (nSPS) is 12.6. The van der Waals surface area contributed by atoms with E-state index in [1.165, 1.54) is 77.0 Å². The first kappa shape index (κ1) is 66.8. The van der Waals surface area contributed by atoms with Crippen molar-refractivity contribution < 1.29 is 28.6 Å². The number of carbonyl (C=O) groups excluding carboxylic acids is 3. The molecule has 6 heteroatoms. The predicted molar refractivity (Wildman–Crippen MR) is 306 cm³/mol. The summed E-state index contributed by atoms with van der Waals surface area (Å²) in [6, 6.07) is 0. The molecule has 0 saturated heterocycles. The Morgan fingerprint density at radius 3 is 0.859 bits per heavy atom. The summed E-state index contributed by atoms with van der Waals surface area (Å²) in [5.74, 6) is -0.966. The molecule has 0 aliphatic carbocycles. The molecule has 0 aliphatic rings. The van der Waals surface area contributed by atoms with Gasteiger partial charge in [0.2, 0.25) is 0 Å². The first-order valence-corrected chi connectivity index (χ1v) is 29.0. The van der Waals surface area contributed by atoms with Gasteiger partial charge in [-0.2, -0.15) is 0 Å². The minimum Gasteiger partial charge on any atom is -0.462 e. The maximum atomic E-state index is 12.9. The molecule has 6 nitrogen and oxygen atoms in total. The van der Waals surface area contributed by atoms with Crippen molar-refractivity contribution in [2.75, 3.05) is 13.2 Å². The molecule has 402 valence electrons. The molecule has 0 aromatic heterocycles. The van der Waals surface area contributed by atoms with E-state index in [0.717, 1.165) is 135 Å². The topological polar surface area (TPSA) is 78.9 Å². The fourth-order valence-corrected chi connectivity index (χ4v) is 7.67. The lowest BCUT2D eigenvalue weighted by Gasteiger charge is -2.18. The zero-order valence-corrected chi connectivity index (χ0v) is 45.9. The van der Waals surface area contributed by atoms with Crippen molar-refractivity contribution >= 4 is 17.9 Å². The summed E-state index contributed by atoms with van der Waals surface area (Å²) in [7, 11) is 0. The van der Waals surface area contributed by atoms with Crippen molar-refractivity contribution in [3.63, 3.8) is 0 Å². The number of esters is 3. The summed E-state index contributed by atoms with van der Waals surface area (Å²) in [6.45, 7) is 6.36. The van der Waals surface area contributed by atoms with Gasteiger partial charge in [0.25, 0.3) is 0 Å². The third-order valence-electron chi connectivity index (χ3n) is 12.0. The van der Waals surface area contributed by atoms with Crippen molar-refractivity contribution in [2.45, 2.75) is 258 Å². The lowest BCUT2D eigenvalue weighted by molar-refractivity contribution is -0.167. The minimum absolute atomic E-state index is 0.107. The van der Waals surface area contributed by atoms with Gasteiger partial charge < -0.3 is 14.2 Å². The molecule has 0 rings (SSSR count). The van der Waals surface area contributed by atoms with Crippen LogP contribution in [-0.2, 0) is 28.6 Å². The SMILES string of the molecule is CC/C=C\C/C=C\C/C=C\C/C=C\C/C=C\CCCCCC(=O)OCC(COC(=O)CCCCC/C=C\C/C=C\C/C=C\C/C=C\C/C=C\CC)OC(=O)CCCCCCCCCCCCCCCCC. The molecule has 0 spiro atoms. The van der Waals surface area contributed by atoms with E-state index < -0.39 is 6.10 Å². The van der Waals surface area contributed by atoms with Gasteiger partial charge in [-0.25, -0.2) is 0 Å². The van der Waals surface area contributed by atoms with Gasteiger partial charge in [-0.05, 0) is 109 Å². The average molecular weight is 984 g/mol. The van der Waals surface area contributed by atoms with Gasteiger partial charge >= 0.3 is 17.9 Å². The van der Waals surface area contributed by atoms with Gasteiger partial charge in [-0.15, -0.1) is 0 Å². The molecule has 0 atom stereocenters. The van der Waals surface area contributed by atoms with Crippen LogP contribution in [0.15, 0.2) is 122 Å². The Hall–Kier alpha value is -4.19. The Balaban J connectivity index is 4.51. The van der Waals surface area contributed by atoms with E-state index in [-0.39, 0.29) is 31.1 Å². The Labute approximate surface area is 437 Å². The van der Waals surface area contributed by atoms with Crippen molar-refractivity contribution in [1.82, 2.24) is 0 Å². The summed E-state index contributed by atoms with van der Waals surface area (Å²) < 4.78 is 16.8. The van der Waals surface area contributed by atoms with Crippen LogP contribution in [0.3, 0.4) is 0 Å². The van der Waals surface area contributed by atoms with Gasteiger partial charge in [0.1, 0.15) is 13.2 Å². The molecule has 0 aromatic rings. The maximum Gasteiger partial charge on any atom is 0.306 e. The molecule has 0 aromatic carbocycles. The summed E-state index contributed by atoms with van der Waals surface area (Å²) in [4.78, 5) is 38.2. The molecule has 0 fully saturated rings. The quantitative estimate of drug-likeness (QED) is 0.0261. The highest BCUT2D eigenvalue weighted by Crippen LogP contribution is 2.15. The number of hydrogen-bond acceptors (Lipinski definition) is 6.